The van der Waals surface area contributed by atoms with Crippen LogP contribution in [0.2, 0.25) is 51.4 Å². The van der Waals surface area contributed by atoms with Gasteiger partial charge in [0.1, 0.15) is 25.0 Å². The molecule has 0 N–H and O–H groups in total. The van der Waals surface area contributed by atoms with Crippen LogP contribution in [-0.2, 0) is 9.47 Å². The van der Waals surface area contributed by atoms with Crippen LogP contribution in [0.25, 0.3) is 16.8 Å². The molecule has 0 radical (unpaired) electrons. The molecule has 244 valence electrons. The summed E-state index contributed by atoms with van der Waals surface area (Å²) >= 11 is 0. The summed E-state index contributed by atoms with van der Waals surface area (Å²) in [5.74, 6) is 3.70. The van der Waals surface area contributed by atoms with Gasteiger partial charge in [-0.15, -0.1) is 0 Å². The average Bonchev–Trinajstić information content (AvgIpc) is 3.66. The Balaban J connectivity index is 1.44. The Bertz CT molecular complexity index is 1440. The van der Waals surface area contributed by atoms with E-state index in [0.29, 0.717) is 31.0 Å². The molecule has 45 heavy (non-hydrogen) atoms. The molecule has 3 saturated carbocycles. The molecule has 8 nitrogen and oxygen atoms in total. The highest BCUT2D eigenvalue weighted by Gasteiger charge is 2.41. The number of hydrogen-bond acceptors (Lipinski definition) is 7. The molecule has 0 spiro atoms. The molecular weight excluding hydrogens is 595 g/mol. The van der Waals surface area contributed by atoms with Crippen LogP contribution in [-0.4, -0.2) is 68.7 Å². The third-order valence-electron chi connectivity index (χ3n) is 9.95. The van der Waals surface area contributed by atoms with E-state index >= 15 is 0 Å². The number of aldehydes is 1. The van der Waals surface area contributed by atoms with E-state index in [4.69, 9.17) is 19.6 Å². The van der Waals surface area contributed by atoms with Crippen LogP contribution in [0.1, 0.15) is 78.5 Å². The van der Waals surface area contributed by atoms with Crippen LogP contribution < -0.4 is 4.90 Å². The average molecular weight is 648 g/mol. The van der Waals surface area contributed by atoms with E-state index < -0.39 is 16.1 Å². The molecular formula is C35H53N5O3Si2. The molecule has 3 heterocycles. The zero-order valence-corrected chi connectivity index (χ0v) is 30.3. The molecule has 3 aromatic heterocycles. The summed E-state index contributed by atoms with van der Waals surface area (Å²) in [6.45, 7) is 16.8. The van der Waals surface area contributed by atoms with Gasteiger partial charge in [-0.3, -0.25) is 9.78 Å². The smallest absolute Gasteiger partial charge is 0.168 e. The number of ether oxygens (including phenoxy) is 2. The number of hydrogen-bond donors (Lipinski definition) is 0. The monoisotopic (exact) mass is 647 g/mol. The normalized spacial score (nSPS) is 21.9. The summed E-state index contributed by atoms with van der Waals surface area (Å²) in [5, 5.41) is 5.01. The van der Waals surface area contributed by atoms with E-state index in [1.54, 1.807) is 12.3 Å². The molecule has 0 amide bonds. The van der Waals surface area contributed by atoms with Crippen LogP contribution in [0.15, 0.2) is 24.5 Å². The molecule has 3 aromatic rings. The van der Waals surface area contributed by atoms with Crippen molar-refractivity contribution in [2.45, 2.75) is 108 Å². The van der Waals surface area contributed by atoms with Crippen LogP contribution >= 0.6 is 0 Å². The molecule has 3 aliphatic carbocycles. The highest BCUT2D eigenvalue weighted by molar-refractivity contribution is 6.76. The van der Waals surface area contributed by atoms with Gasteiger partial charge in [0.25, 0.3) is 0 Å². The molecule has 3 atom stereocenters. The lowest BCUT2D eigenvalue weighted by molar-refractivity contribution is 0.0940. The van der Waals surface area contributed by atoms with E-state index in [0.717, 1.165) is 66.0 Å². The van der Waals surface area contributed by atoms with Gasteiger partial charge in [0, 0.05) is 58.2 Å². The second-order valence-electron chi connectivity index (χ2n) is 16.3. The Kier molecular flexibility index (Phi) is 9.67. The van der Waals surface area contributed by atoms with Crippen molar-refractivity contribution in [2.24, 2.45) is 11.8 Å². The van der Waals surface area contributed by atoms with Crippen LogP contribution in [0.5, 0.6) is 0 Å². The zero-order valence-electron chi connectivity index (χ0n) is 28.3. The van der Waals surface area contributed by atoms with Crippen molar-refractivity contribution < 1.29 is 14.3 Å². The Morgan fingerprint density at radius 1 is 0.867 bits per heavy atom. The Morgan fingerprint density at radius 2 is 1.51 bits per heavy atom. The molecule has 1 unspecified atom stereocenters. The molecule has 0 saturated heterocycles. The number of fused-ring (bicyclic) bond motifs is 3. The number of pyridine rings is 1. The second kappa shape index (κ2) is 13.4. The summed E-state index contributed by atoms with van der Waals surface area (Å²) in [7, 11) is -2.46. The van der Waals surface area contributed by atoms with Crippen molar-refractivity contribution >= 4 is 33.9 Å². The molecule has 10 heteroatoms. The summed E-state index contributed by atoms with van der Waals surface area (Å²) in [6, 6.07) is 5.99. The van der Waals surface area contributed by atoms with Crippen molar-refractivity contribution in [3.63, 3.8) is 0 Å². The maximum atomic E-state index is 11.3. The lowest BCUT2D eigenvalue weighted by atomic mass is 9.78. The van der Waals surface area contributed by atoms with Crippen molar-refractivity contribution in [3.8, 4) is 11.1 Å². The first-order chi connectivity index (χ1) is 21.5. The second-order valence-corrected chi connectivity index (χ2v) is 27.6. The fourth-order valence-corrected chi connectivity index (χ4v) is 8.73. The standard InChI is InChI=1S/C35H53N5O3Si2/c1-44(2,3)15-13-42-23-39(24-43-14-16-45(4,5)6)35-32(27-9-10-27)33(29-18-25-7-8-26(17-25)19-29)38-34-31(21-37-40(34)35)28-11-12-30(22-41)36-20-28/h11-12,20-22,25-27,29H,7-10,13-19,23-24H2,1-6H3/t25-,26?,29+/m0/s1. The Hall–Kier alpha value is -2.41. The number of carbonyl (C=O) groups excluding carboxylic acids is 1. The topological polar surface area (TPSA) is 81.9 Å². The summed E-state index contributed by atoms with van der Waals surface area (Å²) in [4.78, 5) is 23.6. The quantitative estimate of drug-likeness (QED) is 0.0712. The minimum absolute atomic E-state index is 0.426. The van der Waals surface area contributed by atoms with E-state index in [-0.39, 0.29) is 0 Å². The van der Waals surface area contributed by atoms with E-state index in [1.165, 1.54) is 56.2 Å². The maximum Gasteiger partial charge on any atom is 0.168 e. The van der Waals surface area contributed by atoms with Crippen molar-refractivity contribution in [2.75, 3.05) is 31.6 Å². The first-order valence-electron chi connectivity index (χ1n) is 17.2. The van der Waals surface area contributed by atoms with Crippen LogP contribution in [0, 0.1) is 11.8 Å². The number of nitrogens with zero attached hydrogens (tertiary/aromatic N) is 5. The van der Waals surface area contributed by atoms with Gasteiger partial charge in [-0.05, 0) is 68.0 Å². The largest absolute Gasteiger partial charge is 0.361 e. The molecule has 3 fully saturated rings. The van der Waals surface area contributed by atoms with Gasteiger partial charge in [-0.25, -0.2) is 4.98 Å². The highest BCUT2D eigenvalue weighted by atomic mass is 28.3. The first kappa shape index (κ1) is 32.5. The van der Waals surface area contributed by atoms with Gasteiger partial charge in [0.15, 0.2) is 11.9 Å². The van der Waals surface area contributed by atoms with Crippen LogP contribution in [0.4, 0.5) is 5.82 Å². The molecule has 0 aromatic carbocycles. The SMILES string of the molecule is C[Si](C)(C)CCOCN(COCC[Si](C)(C)C)c1c(C2CC2)c([C@H]2CC3CC[C@@H](C3)C2)nc2c(-c3ccc(C=O)nc3)cnn12. The number of aromatic nitrogens is 4. The summed E-state index contributed by atoms with van der Waals surface area (Å²) in [6.07, 6.45) is 13.5. The van der Waals surface area contributed by atoms with E-state index in [9.17, 15) is 4.79 Å². The van der Waals surface area contributed by atoms with Gasteiger partial charge >= 0.3 is 0 Å². The Labute approximate surface area is 271 Å². The minimum atomic E-state index is -1.23. The highest BCUT2D eigenvalue weighted by Crippen LogP contribution is 2.53. The third-order valence-corrected chi connectivity index (χ3v) is 13.4. The number of rotatable bonds is 15. The number of carbonyl (C=O) groups is 1. The maximum absolute atomic E-state index is 11.3. The fourth-order valence-electron chi connectivity index (χ4n) is 7.22. The molecule has 2 bridgehead atoms. The van der Waals surface area contributed by atoms with Crippen molar-refractivity contribution in [1.29, 1.82) is 0 Å². The van der Waals surface area contributed by atoms with E-state index in [2.05, 4.69) is 53.7 Å². The molecule has 3 aliphatic rings. The van der Waals surface area contributed by atoms with E-state index in [1.807, 2.05) is 12.3 Å². The van der Waals surface area contributed by atoms with Gasteiger partial charge in [0.2, 0.25) is 0 Å². The predicted octanol–water partition coefficient (Wildman–Crippen LogP) is 8.21. The first-order valence-corrected chi connectivity index (χ1v) is 24.6. The van der Waals surface area contributed by atoms with Gasteiger partial charge in [-0.1, -0.05) is 58.2 Å². The predicted molar refractivity (Wildman–Crippen MR) is 187 cm³/mol. The fraction of sp³-hybridized carbons (Fsp3) is 0.657. The molecule has 0 aliphatic heterocycles. The van der Waals surface area contributed by atoms with Crippen molar-refractivity contribution in [3.05, 3.63) is 41.5 Å². The minimum Gasteiger partial charge on any atom is -0.361 e. The summed E-state index contributed by atoms with van der Waals surface area (Å²) < 4.78 is 15.0. The third kappa shape index (κ3) is 7.94. The number of anilines is 1. The van der Waals surface area contributed by atoms with Crippen LogP contribution in [0.3, 0.4) is 0 Å². The summed E-state index contributed by atoms with van der Waals surface area (Å²) in [5.41, 5.74) is 5.81. The van der Waals surface area contributed by atoms with Crippen molar-refractivity contribution in [1.82, 2.24) is 19.6 Å². The zero-order chi connectivity index (χ0) is 31.8. The Morgan fingerprint density at radius 3 is 2.04 bits per heavy atom. The van der Waals surface area contributed by atoms with Gasteiger partial charge in [0.05, 0.1) is 11.9 Å². The lowest BCUT2D eigenvalue weighted by Gasteiger charge is -2.33. The van der Waals surface area contributed by atoms with Gasteiger partial charge < -0.3 is 14.4 Å². The lowest BCUT2D eigenvalue weighted by Crippen LogP contribution is -2.34. The van der Waals surface area contributed by atoms with Gasteiger partial charge in [-0.2, -0.15) is 9.61 Å². The molecule has 6 rings (SSSR count).